The van der Waals surface area contributed by atoms with E-state index in [9.17, 15) is 15.3 Å². The zero-order valence-electron chi connectivity index (χ0n) is 22.4. The predicted molar refractivity (Wildman–Crippen MR) is 135 cm³/mol. The van der Waals surface area contributed by atoms with Crippen molar-refractivity contribution >= 4 is 0 Å². The molecule has 3 N–H and O–H groups in total. The topological polar surface area (TPSA) is 60.7 Å². The highest BCUT2D eigenvalue weighted by atomic mass is 16.3. The van der Waals surface area contributed by atoms with Gasteiger partial charge in [0.1, 0.15) is 0 Å². The van der Waals surface area contributed by atoms with Crippen LogP contribution in [0.2, 0.25) is 0 Å². The molecule has 4 aliphatic rings. The van der Waals surface area contributed by atoms with Crippen molar-refractivity contribution in [2.45, 2.75) is 112 Å². The van der Waals surface area contributed by atoms with Crippen LogP contribution in [0.4, 0.5) is 0 Å². The summed E-state index contributed by atoms with van der Waals surface area (Å²) in [6.45, 7) is 16.7. The first-order valence-electron chi connectivity index (χ1n) is 14.1. The summed E-state index contributed by atoms with van der Waals surface area (Å²) in [6.07, 6.45) is 10.6. The molecule has 190 valence electrons. The maximum atomic E-state index is 11.2. The second kappa shape index (κ2) is 9.25. The lowest BCUT2D eigenvalue weighted by Gasteiger charge is -2.62. The highest BCUT2D eigenvalue weighted by Gasteiger charge is 2.63. The molecule has 4 saturated carbocycles. The first-order valence-corrected chi connectivity index (χ1v) is 14.1. The molecule has 0 saturated heterocycles. The van der Waals surface area contributed by atoms with E-state index >= 15 is 0 Å². The van der Waals surface area contributed by atoms with Gasteiger partial charge in [-0.2, -0.15) is 0 Å². The van der Waals surface area contributed by atoms with E-state index in [2.05, 4.69) is 60.6 Å². The van der Waals surface area contributed by atoms with E-state index in [-0.39, 0.29) is 17.4 Å². The highest BCUT2D eigenvalue weighted by Crippen LogP contribution is 2.68. The van der Waals surface area contributed by atoms with Crippen LogP contribution in [0.3, 0.4) is 0 Å². The van der Waals surface area contributed by atoms with Gasteiger partial charge in [-0.25, -0.2) is 0 Å². The fraction of sp³-hybridized carbons (Fsp3) is 0.933. The van der Waals surface area contributed by atoms with E-state index in [1.54, 1.807) is 0 Å². The fourth-order valence-corrected chi connectivity index (χ4v) is 9.88. The number of aliphatic hydroxyl groups is 3. The predicted octanol–water partition coefficient (Wildman–Crippen LogP) is 6.07. The lowest BCUT2D eigenvalue weighted by Crippen LogP contribution is -2.60. The van der Waals surface area contributed by atoms with E-state index < -0.39 is 12.2 Å². The second-order valence-corrected chi connectivity index (χ2v) is 13.9. The van der Waals surface area contributed by atoms with Gasteiger partial charge in [-0.3, -0.25) is 0 Å². The Bertz CT molecular complexity index is 707. The molecule has 0 aromatic rings. The molecular formula is C30H52O3. The van der Waals surface area contributed by atoms with Crippen LogP contribution in [0.15, 0.2) is 12.2 Å². The van der Waals surface area contributed by atoms with Gasteiger partial charge in [-0.1, -0.05) is 60.6 Å². The van der Waals surface area contributed by atoms with Gasteiger partial charge in [-0.15, -0.1) is 0 Å². The van der Waals surface area contributed by atoms with Gasteiger partial charge in [0.05, 0.1) is 18.3 Å². The fourth-order valence-electron chi connectivity index (χ4n) is 9.88. The minimum absolute atomic E-state index is 0.0480. The smallest absolute Gasteiger partial charge is 0.0804 e. The molecular weight excluding hydrogens is 408 g/mol. The number of hydrogen-bond acceptors (Lipinski definition) is 3. The number of rotatable bonds is 5. The summed E-state index contributed by atoms with van der Waals surface area (Å²) in [4.78, 5) is 0. The molecule has 0 bridgehead atoms. The molecule has 11 atom stereocenters. The normalized spacial score (nSPS) is 48.9. The van der Waals surface area contributed by atoms with Crippen LogP contribution < -0.4 is 0 Å². The Labute approximate surface area is 203 Å². The lowest BCUT2D eigenvalue weighted by atomic mass is 9.43. The molecule has 0 unspecified atom stereocenters. The Hall–Kier alpha value is -0.380. The molecule has 0 spiro atoms. The van der Waals surface area contributed by atoms with Crippen LogP contribution >= 0.6 is 0 Å². The van der Waals surface area contributed by atoms with Crippen molar-refractivity contribution in [3.8, 4) is 0 Å². The molecule has 4 fully saturated rings. The van der Waals surface area contributed by atoms with E-state index in [0.29, 0.717) is 59.7 Å². The van der Waals surface area contributed by atoms with Gasteiger partial charge in [-0.05, 0) is 109 Å². The van der Waals surface area contributed by atoms with Crippen LogP contribution in [-0.2, 0) is 0 Å². The van der Waals surface area contributed by atoms with E-state index in [4.69, 9.17) is 0 Å². The summed E-state index contributed by atoms with van der Waals surface area (Å²) >= 11 is 0. The van der Waals surface area contributed by atoms with Gasteiger partial charge in [0.25, 0.3) is 0 Å². The molecule has 4 rings (SSSR count). The SMILES string of the molecule is CC(C)C(C=C[C@@H](C)[C@H]1CC[C@H]2[C@@H]3C[C@H](O)[C@H]4C[C@H](O)[C@@H](O)C[C@]4(C)[C@H]3CC[C@]12C)C(C)C. The van der Waals surface area contributed by atoms with Crippen LogP contribution in [0, 0.1) is 64.1 Å². The van der Waals surface area contributed by atoms with Crippen molar-refractivity contribution in [1.82, 2.24) is 0 Å². The van der Waals surface area contributed by atoms with Gasteiger partial charge in [0.15, 0.2) is 0 Å². The Kier molecular flexibility index (Phi) is 7.20. The maximum absolute atomic E-state index is 11.2. The average Bonchev–Trinajstić information content (AvgIpc) is 3.07. The first kappa shape index (κ1) is 25.7. The quantitative estimate of drug-likeness (QED) is 0.437. The van der Waals surface area contributed by atoms with Crippen molar-refractivity contribution < 1.29 is 15.3 Å². The summed E-state index contributed by atoms with van der Waals surface area (Å²) in [5.74, 6) is 5.26. The van der Waals surface area contributed by atoms with E-state index in [1.165, 1.54) is 25.7 Å². The van der Waals surface area contributed by atoms with Crippen LogP contribution in [0.25, 0.3) is 0 Å². The third-order valence-corrected chi connectivity index (χ3v) is 11.6. The van der Waals surface area contributed by atoms with Crippen molar-refractivity contribution in [3.63, 3.8) is 0 Å². The molecule has 0 radical (unpaired) electrons. The molecule has 0 amide bonds. The molecule has 3 nitrogen and oxygen atoms in total. The van der Waals surface area contributed by atoms with Gasteiger partial charge in [0, 0.05) is 0 Å². The maximum Gasteiger partial charge on any atom is 0.0804 e. The van der Waals surface area contributed by atoms with Crippen LogP contribution in [0.5, 0.6) is 0 Å². The monoisotopic (exact) mass is 460 g/mol. The standard InChI is InChI=1S/C30H52O3/c1-17(2)20(18(3)4)9-8-19(5)22-10-11-23-21-14-26(31)25-15-27(32)28(33)16-30(25,7)24(21)12-13-29(22,23)6/h8-9,17-28,31-33H,10-16H2,1-7H3/t19-,21+,22-,23+,24+,25-,26+,27+,28+,29-,30-/m1/s1. The zero-order chi connectivity index (χ0) is 24.3. The van der Waals surface area contributed by atoms with Crippen LogP contribution in [0.1, 0.15) is 93.4 Å². The Morgan fingerprint density at radius 2 is 1.33 bits per heavy atom. The van der Waals surface area contributed by atoms with Gasteiger partial charge < -0.3 is 15.3 Å². The Balaban J connectivity index is 1.54. The van der Waals surface area contributed by atoms with Crippen LogP contribution in [-0.4, -0.2) is 33.6 Å². The summed E-state index contributed by atoms with van der Waals surface area (Å²) in [7, 11) is 0. The van der Waals surface area contributed by atoms with Crippen molar-refractivity contribution in [2.75, 3.05) is 0 Å². The Morgan fingerprint density at radius 3 is 1.97 bits per heavy atom. The zero-order valence-corrected chi connectivity index (χ0v) is 22.4. The number of hydrogen-bond donors (Lipinski definition) is 3. The lowest BCUT2D eigenvalue weighted by molar-refractivity contribution is -0.195. The van der Waals surface area contributed by atoms with E-state index in [1.807, 2.05) is 0 Å². The minimum atomic E-state index is -0.674. The number of allylic oxidation sites excluding steroid dienone is 2. The highest BCUT2D eigenvalue weighted by molar-refractivity contribution is 5.13. The molecule has 33 heavy (non-hydrogen) atoms. The molecule has 4 aliphatic carbocycles. The largest absolute Gasteiger partial charge is 0.393 e. The van der Waals surface area contributed by atoms with Crippen molar-refractivity contribution in [2.24, 2.45) is 64.1 Å². The summed E-state index contributed by atoms with van der Waals surface area (Å²) in [5.41, 5.74) is 0.305. The van der Waals surface area contributed by atoms with E-state index in [0.717, 1.165) is 12.3 Å². The number of aliphatic hydroxyl groups excluding tert-OH is 3. The molecule has 0 aromatic carbocycles. The van der Waals surface area contributed by atoms with Gasteiger partial charge >= 0.3 is 0 Å². The molecule has 0 aromatic heterocycles. The third-order valence-electron chi connectivity index (χ3n) is 11.6. The molecule has 0 aliphatic heterocycles. The van der Waals surface area contributed by atoms with Gasteiger partial charge in [0.2, 0.25) is 0 Å². The summed E-state index contributed by atoms with van der Waals surface area (Å²) in [5, 5.41) is 32.1. The second-order valence-electron chi connectivity index (χ2n) is 13.9. The average molecular weight is 461 g/mol. The Morgan fingerprint density at radius 1 is 0.697 bits per heavy atom. The minimum Gasteiger partial charge on any atom is -0.393 e. The van der Waals surface area contributed by atoms with Crippen molar-refractivity contribution in [3.05, 3.63) is 12.2 Å². The van der Waals surface area contributed by atoms with Crippen molar-refractivity contribution in [1.29, 1.82) is 0 Å². The number of fused-ring (bicyclic) bond motifs is 5. The summed E-state index contributed by atoms with van der Waals surface area (Å²) < 4.78 is 0. The molecule has 3 heteroatoms. The first-order chi connectivity index (χ1) is 15.4. The molecule has 0 heterocycles. The third kappa shape index (κ3) is 4.27. The summed E-state index contributed by atoms with van der Waals surface area (Å²) in [6, 6.07) is 0.